The van der Waals surface area contributed by atoms with Crippen LogP contribution < -0.4 is 5.32 Å². The lowest BCUT2D eigenvalue weighted by molar-refractivity contribution is -0.139. The third-order valence-corrected chi connectivity index (χ3v) is 6.55. The molecule has 0 unspecified atom stereocenters. The van der Waals surface area contributed by atoms with Crippen molar-refractivity contribution in [2.45, 2.75) is 51.1 Å². The third kappa shape index (κ3) is 2.88. The number of rotatable bonds is 4. The minimum Gasteiger partial charge on any atom is -0.354 e. The van der Waals surface area contributed by atoms with Gasteiger partial charge in [0.05, 0.1) is 6.04 Å². The summed E-state index contributed by atoms with van der Waals surface area (Å²) in [5, 5.41) is 3.12. The molecule has 23 heavy (non-hydrogen) atoms. The molecule has 0 aromatic carbocycles. The van der Waals surface area contributed by atoms with Crippen LogP contribution >= 0.6 is 0 Å². The van der Waals surface area contributed by atoms with Crippen molar-refractivity contribution in [2.24, 2.45) is 23.7 Å². The Labute approximate surface area is 138 Å². The molecule has 1 N–H and O–H groups in total. The van der Waals surface area contributed by atoms with Crippen LogP contribution in [0, 0.1) is 23.7 Å². The number of nitrogens with one attached hydrogen (secondary N) is 1. The fourth-order valence-electron chi connectivity index (χ4n) is 4.75. The summed E-state index contributed by atoms with van der Waals surface area (Å²) in [6, 6.07) is 0.373. The van der Waals surface area contributed by atoms with Crippen molar-refractivity contribution in [3.05, 3.63) is 0 Å². The predicted molar refractivity (Wildman–Crippen MR) is 87.6 cm³/mol. The summed E-state index contributed by atoms with van der Waals surface area (Å²) in [4.78, 5) is 29.2. The first-order valence-corrected chi connectivity index (χ1v) is 9.31. The lowest BCUT2D eigenvalue weighted by Crippen LogP contribution is -2.47. The molecule has 0 bridgehead atoms. The number of carbonyl (C=O) groups excluding carboxylic acids is 2. The molecule has 2 aliphatic carbocycles. The van der Waals surface area contributed by atoms with E-state index in [4.69, 9.17) is 0 Å². The van der Waals surface area contributed by atoms with Crippen LogP contribution in [-0.2, 0) is 9.59 Å². The van der Waals surface area contributed by atoms with Crippen molar-refractivity contribution in [1.82, 2.24) is 15.1 Å². The summed E-state index contributed by atoms with van der Waals surface area (Å²) in [5.74, 6) is 2.74. The molecule has 2 saturated carbocycles. The van der Waals surface area contributed by atoms with Gasteiger partial charge in [-0.1, -0.05) is 6.92 Å². The fraction of sp³-hybridized carbons (Fsp3) is 0.889. The maximum atomic E-state index is 12.5. The zero-order chi connectivity index (χ0) is 16.1. The van der Waals surface area contributed by atoms with Gasteiger partial charge in [-0.05, 0) is 56.9 Å². The van der Waals surface area contributed by atoms with E-state index in [0.717, 1.165) is 44.8 Å². The number of hydrogen-bond donors (Lipinski definition) is 1. The Morgan fingerprint density at radius 2 is 1.87 bits per heavy atom. The number of fused-ring (bicyclic) bond motifs is 1. The molecule has 5 heteroatoms. The zero-order valence-corrected chi connectivity index (χ0v) is 14.3. The van der Waals surface area contributed by atoms with Crippen LogP contribution in [0.1, 0.15) is 39.0 Å². The van der Waals surface area contributed by atoms with E-state index in [0.29, 0.717) is 23.8 Å². The molecular weight excluding hydrogens is 290 g/mol. The van der Waals surface area contributed by atoms with Gasteiger partial charge in [-0.2, -0.15) is 0 Å². The monoisotopic (exact) mass is 319 g/mol. The highest BCUT2D eigenvalue weighted by molar-refractivity contribution is 5.83. The van der Waals surface area contributed by atoms with Gasteiger partial charge in [0.1, 0.15) is 0 Å². The summed E-state index contributed by atoms with van der Waals surface area (Å²) in [6.07, 6.45) is 5.56. The predicted octanol–water partition coefficient (Wildman–Crippen LogP) is 1.09. The number of hydrogen-bond acceptors (Lipinski definition) is 3. The van der Waals surface area contributed by atoms with Crippen molar-refractivity contribution in [2.75, 3.05) is 26.7 Å². The highest BCUT2D eigenvalue weighted by Crippen LogP contribution is 2.39. The molecule has 2 aliphatic heterocycles. The molecule has 0 aromatic rings. The lowest BCUT2D eigenvalue weighted by atomic mass is 9.75. The van der Waals surface area contributed by atoms with Crippen molar-refractivity contribution in [1.29, 1.82) is 0 Å². The molecule has 2 saturated heterocycles. The molecular formula is C18H29N3O2. The average molecular weight is 319 g/mol. The van der Waals surface area contributed by atoms with Gasteiger partial charge >= 0.3 is 0 Å². The van der Waals surface area contributed by atoms with Crippen molar-refractivity contribution < 1.29 is 9.59 Å². The van der Waals surface area contributed by atoms with Crippen LogP contribution in [-0.4, -0.2) is 60.4 Å². The molecule has 4 rings (SSSR count). The summed E-state index contributed by atoms with van der Waals surface area (Å²) < 4.78 is 0. The summed E-state index contributed by atoms with van der Waals surface area (Å²) >= 11 is 0. The van der Waals surface area contributed by atoms with E-state index >= 15 is 0 Å². The standard InChI is InChI=1S/C18H29N3O2/c1-11-5-13(6-11)18(23)21-9-14-7-15(20(2)16(14)10-21)17(22)19-8-12-3-4-12/h11-16H,3-10H2,1-2H3,(H,19,22)/t11?,13?,14-,15-,16+/m0/s1. The maximum absolute atomic E-state index is 12.5. The van der Waals surface area contributed by atoms with E-state index in [1.807, 2.05) is 0 Å². The fourth-order valence-corrected chi connectivity index (χ4v) is 4.75. The van der Waals surface area contributed by atoms with Gasteiger partial charge in [-0.25, -0.2) is 0 Å². The highest BCUT2D eigenvalue weighted by atomic mass is 16.2. The SMILES string of the molecule is CC1CC(C(=O)N2C[C@@H]3C[C@@H](C(=O)NCC4CC4)N(C)[C@@H]3C2)C1. The summed E-state index contributed by atoms with van der Waals surface area (Å²) in [5.41, 5.74) is 0. The molecule has 2 amide bonds. The van der Waals surface area contributed by atoms with Gasteiger partial charge in [-0.15, -0.1) is 0 Å². The number of nitrogens with zero attached hydrogens (tertiary/aromatic N) is 2. The first kappa shape index (κ1) is 15.4. The number of likely N-dealkylation sites (tertiary alicyclic amines) is 2. The van der Waals surface area contributed by atoms with E-state index in [1.54, 1.807) is 0 Å². The first-order valence-electron chi connectivity index (χ1n) is 9.31. The largest absolute Gasteiger partial charge is 0.354 e. The second-order valence-corrected chi connectivity index (χ2v) is 8.45. The van der Waals surface area contributed by atoms with E-state index in [1.165, 1.54) is 12.8 Å². The second-order valence-electron chi connectivity index (χ2n) is 8.45. The Kier molecular flexibility index (Phi) is 3.87. The molecule has 5 nitrogen and oxygen atoms in total. The molecule has 2 heterocycles. The van der Waals surface area contributed by atoms with Gasteiger partial charge in [-0.3, -0.25) is 14.5 Å². The Morgan fingerprint density at radius 3 is 2.48 bits per heavy atom. The molecule has 4 aliphatic rings. The van der Waals surface area contributed by atoms with Crippen molar-refractivity contribution in [3.63, 3.8) is 0 Å². The number of likely N-dealkylation sites (N-methyl/N-ethyl adjacent to an activating group) is 1. The van der Waals surface area contributed by atoms with Gasteiger partial charge in [0.25, 0.3) is 0 Å². The second kappa shape index (κ2) is 5.76. The first-order chi connectivity index (χ1) is 11.0. The van der Waals surface area contributed by atoms with E-state index < -0.39 is 0 Å². The molecule has 128 valence electrons. The summed E-state index contributed by atoms with van der Waals surface area (Å²) in [7, 11) is 2.06. The smallest absolute Gasteiger partial charge is 0.237 e. The average Bonchev–Trinajstić information content (AvgIpc) is 3.15. The van der Waals surface area contributed by atoms with Crippen LogP contribution in [0.25, 0.3) is 0 Å². The Bertz CT molecular complexity index is 498. The minimum atomic E-state index is 0.00438. The quantitative estimate of drug-likeness (QED) is 0.844. The number of carbonyl (C=O) groups is 2. The Hall–Kier alpha value is -1.10. The molecule has 0 aromatic heterocycles. The van der Waals surface area contributed by atoms with E-state index in [-0.39, 0.29) is 17.9 Å². The zero-order valence-electron chi connectivity index (χ0n) is 14.3. The molecule has 0 radical (unpaired) electrons. The Balaban J connectivity index is 1.30. The topological polar surface area (TPSA) is 52.7 Å². The normalized spacial score (nSPS) is 39.9. The van der Waals surface area contributed by atoms with Crippen LogP contribution in [0.15, 0.2) is 0 Å². The van der Waals surface area contributed by atoms with E-state index in [9.17, 15) is 9.59 Å². The van der Waals surface area contributed by atoms with E-state index in [2.05, 4.69) is 29.1 Å². The molecule has 3 atom stereocenters. The summed E-state index contributed by atoms with van der Waals surface area (Å²) in [6.45, 7) is 4.74. The van der Waals surface area contributed by atoms with Crippen molar-refractivity contribution >= 4 is 11.8 Å². The highest BCUT2D eigenvalue weighted by Gasteiger charge is 2.49. The number of amides is 2. The van der Waals surface area contributed by atoms with Crippen LogP contribution in [0.3, 0.4) is 0 Å². The van der Waals surface area contributed by atoms with Gasteiger partial charge in [0.15, 0.2) is 0 Å². The maximum Gasteiger partial charge on any atom is 0.237 e. The third-order valence-electron chi connectivity index (χ3n) is 6.55. The van der Waals surface area contributed by atoms with Crippen LogP contribution in [0.4, 0.5) is 0 Å². The minimum absolute atomic E-state index is 0.00438. The van der Waals surface area contributed by atoms with Crippen LogP contribution in [0.2, 0.25) is 0 Å². The van der Waals surface area contributed by atoms with Crippen LogP contribution in [0.5, 0.6) is 0 Å². The van der Waals surface area contributed by atoms with Crippen molar-refractivity contribution in [3.8, 4) is 0 Å². The molecule has 4 fully saturated rings. The van der Waals surface area contributed by atoms with Gasteiger partial charge in [0.2, 0.25) is 11.8 Å². The molecule has 0 spiro atoms. The van der Waals surface area contributed by atoms with Gasteiger partial charge < -0.3 is 10.2 Å². The Morgan fingerprint density at radius 1 is 1.13 bits per heavy atom. The van der Waals surface area contributed by atoms with Gasteiger partial charge in [0, 0.05) is 31.6 Å². The lowest BCUT2D eigenvalue weighted by Gasteiger charge is -2.35.